The molecule has 0 saturated heterocycles. The van der Waals surface area contributed by atoms with Crippen LogP contribution in [0.4, 0.5) is 10.3 Å². The third-order valence-corrected chi connectivity index (χ3v) is 2.57. The van der Waals surface area contributed by atoms with Crippen LogP contribution in [0, 0.1) is 12.7 Å². The summed E-state index contributed by atoms with van der Waals surface area (Å²) < 4.78 is 20.4. The quantitative estimate of drug-likeness (QED) is 0.905. The summed E-state index contributed by atoms with van der Waals surface area (Å²) in [6.45, 7) is 4.65. The minimum atomic E-state index is -0.385. The molecular formula is C13H16FN3O. The highest BCUT2D eigenvalue weighted by molar-refractivity contribution is 5.45. The van der Waals surface area contributed by atoms with E-state index < -0.39 is 0 Å². The van der Waals surface area contributed by atoms with Crippen LogP contribution in [0.3, 0.4) is 0 Å². The number of methoxy groups -OCH3 is 1. The number of rotatable bonds is 4. The van der Waals surface area contributed by atoms with Gasteiger partial charge in [-0.3, -0.25) is 4.57 Å². The minimum Gasteiger partial charge on any atom is -0.494 e. The van der Waals surface area contributed by atoms with Crippen molar-refractivity contribution in [2.75, 3.05) is 19.0 Å². The van der Waals surface area contributed by atoms with Crippen LogP contribution >= 0.6 is 0 Å². The number of nitrogens with zero attached hydrogens (tertiary/aromatic N) is 2. The van der Waals surface area contributed by atoms with Crippen LogP contribution in [0.5, 0.6) is 5.75 Å². The monoisotopic (exact) mass is 249 g/mol. The summed E-state index contributed by atoms with van der Waals surface area (Å²) in [5.74, 6) is 0.559. The van der Waals surface area contributed by atoms with Crippen LogP contribution < -0.4 is 10.1 Å². The van der Waals surface area contributed by atoms with Crippen LogP contribution in [0.2, 0.25) is 0 Å². The van der Waals surface area contributed by atoms with Gasteiger partial charge < -0.3 is 10.1 Å². The maximum Gasteiger partial charge on any atom is 0.207 e. The second-order valence-electron chi connectivity index (χ2n) is 3.93. The van der Waals surface area contributed by atoms with Crippen molar-refractivity contribution < 1.29 is 9.13 Å². The molecular weight excluding hydrogens is 233 g/mol. The predicted octanol–water partition coefficient (Wildman–Crippen LogP) is 2.76. The van der Waals surface area contributed by atoms with E-state index in [0.717, 1.165) is 12.2 Å². The topological polar surface area (TPSA) is 39.1 Å². The zero-order valence-corrected chi connectivity index (χ0v) is 10.7. The standard InChI is InChI=1S/C13H16FN3O/c1-4-15-13-16-9(2)8-17(13)10-5-6-12(18-3)11(14)7-10/h5-8H,4H2,1-3H3,(H,15,16). The average molecular weight is 249 g/mol. The molecule has 2 rings (SSSR count). The summed E-state index contributed by atoms with van der Waals surface area (Å²) in [5.41, 5.74) is 1.59. The van der Waals surface area contributed by atoms with Crippen molar-refractivity contribution >= 4 is 5.95 Å². The van der Waals surface area contributed by atoms with Gasteiger partial charge in [0.05, 0.1) is 18.5 Å². The zero-order chi connectivity index (χ0) is 13.1. The lowest BCUT2D eigenvalue weighted by molar-refractivity contribution is 0.386. The SMILES string of the molecule is CCNc1nc(C)cn1-c1ccc(OC)c(F)c1. The van der Waals surface area contributed by atoms with Gasteiger partial charge in [0.1, 0.15) is 0 Å². The molecule has 0 unspecified atom stereocenters. The first-order valence-electron chi connectivity index (χ1n) is 5.79. The van der Waals surface area contributed by atoms with Crippen molar-refractivity contribution in [3.05, 3.63) is 35.9 Å². The normalized spacial score (nSPS) is 10.4. The number of hydrogen-bond donors (Lipinski definition) is 1. The van der Waals surface area contributed by atoms with E-state index in [1.807, 2.05) is 24.6 Å². The highest BCUT2D eigenvalue weighted by Gasteiger charge is 2.09. The number of anilines is 1. The first-order chi connectivity index (χ1) is 8.65. The summed E-state index contributed by atoms with van der Waals surface area (Å²) in [5, 5.41) is 3.14. The molecule has 1 N–H and O–H groups in total. The fraction of sp³-hybridized carbons (Fsp3) is 0.308. The Hall–Kier alpha value is -2.04. The lowest BCUT2D eigenvalue weighted by Crippen LogP contribution is -2.05. The van der Waals surface area contributed by atoms with Crippen LogP contribution in [0.1, 0.15) is 12.6 Å². The van der Waals surface area contributed by atoms with Gasteiger partial charge in [0.2, 0.25) is 5.95 Å². The molecule has 96 valence electrons. The average Bonchev–Trinajstić information content (AvgIpc) is 2.71. The van der Waals surface area contributed by atoms with Gasteiger partial charge in [-0.05, 0) is 26.0 Å². The molecule has 0 atom stereocenters. The van der Waals surface area contributed by atoms with Crippen LogP contribution in [0.15, 0.2) is 24.4 Å². The Kier molecular flexibility index (Phi) is 3.50. The molecule has 2 aromatic rings. The predicted molar refractivity (Wildman–Crippen MR) is 69.0 cm³/mol. The second-order valence-corrected chi connectivity index (χ2v) is 3.93. The van der Waals surface area contributed by atoms with Crippen LogP contribution in [-0.4, -0.2) is 23.2 Å². The molecule has 0 bridgehead atoms. The molecule has 0 saturated carbocycles. The molecule has 5 heteroatoms. The Morgan fingerprint density at radius 1 is 1.44 bits per heavy atom. The highest BCUT2D eigenvalue weighted by atomic mass is 19.1. The fourth-order valence-electron chi connectivity index (χ4n) is 1.78. The molecule has 4 nitrogen and oxygen atoms in total. The van der Waals surface area contributed by atoms with Crippen molar-refractivity contribution in [1.82, 2.24) is 9.55 Å². The number of imidazole rings is 1. The molecule has 0 spiro atoms. The highest BCUT2D eigenvalue weighted by Crippen LogP contribution is 2.22. The van der Waals surface area contributed by atoms with Crippen molar-refractivity contribution in [3.8, 4) is 11.4 Å². The summed E-state index contributed by atoms with van der Waals surface area (Å²) >= 11 is 0. The Morgan fingerprint density at radius 2 is 2.22 bits per heavy atom. The van der Waals surface area contributed by atoms with Gasteiger partial charge in [0, 0.05) is 18.8 Å². The van der Waals surface area contributed by atoms with Gasteiger partial charge in [0.25, 0.3) is 0 Å². The van der Waals surface area contributed by atoms with E-state index in [2.05, 4.69) is 10.3 Å². The van der Waals surface area contributed by atoms with Crippen LogP contribution in [-0.2, 0) is 0 Å². The first-order valence-corrected chi connectivity index (χ1v) is 5.79. The number of aryl methyl sites for hydroxylation is 1. The molecule has 0 aliphatic carbocycles. The fourth-order valence-corrected chi connectivity index (χ4v) is 1.78. The Bertz CT molecular complexity index is 551. The molecule has 18 heavy (non-hydrogen) atoms. The van der Waals surface area contributed by atoms with E-state index in [0.29, 0.717) is 11.6 Å². The van der Waals surface area contributed by atoms with Crippen molar-refractivity contribution in [2.24, 2.45) is 0 Å². The smallest absolute Gasteiger partial charge is 0.207 e. The van der Waals surface area contributed by atoms with E-state index in [-0.39, 0.29) is 11.6 Å². The molecule has 1 aromatic heterocycles. The van der Waals surface area contributed by atoms with Gasteiger partial charge in [-0.2, -0.15) is 0 Å². The summed E-state index contributed by atoms with van der Waals surface area (Å²) in [4.78, 5) is 4.35. The number of nitrogens with one attached hydrogen (secondary N) is 1. The molecule has 0 aliphatic heterocycles. The van der Waals surface area contributed by atoms with Crippen molar-refractivity contribution in [3.63, 3.8) is 0 Å². The molecule has 0 fully saturated rings. The molecule has 1 aromatic carbocycles. The summed E-state index contributed by atoms with van der Waals surface area (Å²) in [6, 6.07) is 4.83. The third kappa shape index (κ3) is 2.30. The van der Waals surface area contributed by atoms with Gasteiger partial charge in [-0.1, -0.05) is 0 Å². The van der Waals surface area contributed by atoms with Gasteiger partial charge in [-0.15, -0.1) is 0 Å². The molecule has 1 heterocycles. The zero-order valence-electron chi connectivity index (χ0n) is 10.7. The van der Waals surface area contributed by atoms with Crippen molar-refractivity contribution in [2.45, 2.75) is 13.8 Å². The summed E-state index contributed by atoms with van der Waals surface area (Å²) in [6.07, 6.45) is 1.86. The molecule has 0 radical (unpaired) electrons. The van der Waals surface area contributed by atoms with Gasteiger partial charge in [0.15, 0.2) is 11.6 Å². The van der Waals surface area contributed by atoms with Crippen LogP contribution in [0.25, 0.3) is 5.69 Å². The number of benzene rings is 1. The lowest BCUT2D eigenvalue weighted by Gasteiger charge is -2.09. The van der Waals surface area contributed by atoms with E-state index in [4.69, 9.17) is 4.74 Å². The lowest BCUT2D eigenvalue weighted by atomic mass is 10.3. The van der Waals surface area contributed by atoms with Gasteiger partial charge >= 0.3 is 0 Å². The Labute approximate surface area is 105 Å². The number of aromatic nitrogens is 2. The summed E-state index contributed by atoms with van der Waals surface area (Å²) in [7, 11) is 1.45. The number of ether oxygens (including phenoxy) is 1. The van der Waals surface area contributed by atoms with E-state index in [1.54, 1.807) is 12.1 Å². The van der Waals surface area contributed by atoms with Gasteiger partial charge in [-0.25, -0.2) is 9.37 Å². The van der Waals surface area contributed by atoms with E-state index >= 15 is 0 Å². The number of hydrogen-bond acceptors (Lipinski definition) is 3. The Morgan fingerprint density at radius 3 is 2.83 bits per heavy atom. The molecule has 0 amide bonds. The number of halogens is 1. The first kappa shape index (κ1) is 12.4. The largest absolute Gasteiger partial charge is 0.494 e. The Balaban J connectivity index is 2.44. The minimum absolute atomic E-state index is 0.237. The third-order valence-electron chi connectivity index (χ3n) is 2.57. The maximum atomic E-state index is 13.7. The van der Waals surface area contributed by atoms with Crippen molar-refractivity contribution in [1.29, 1.82) is 0 Å². The van der Waals surface area contributed by atoms with E-state index in [1.165, 1.54) is 13.2 Å². The second kappa shape index (κ2) is 5.08. The maximum absolute atomic E-state index is 13.7. The van der Waals surface area contributed by atoms with E-state index in [9.17, 15) is 4.39 Å². The molecule has 0 aliphatic rings.